The fourth-order valence-electron chi connectivity index (χ4n) is 2.87. The van der Waals surface area contributed by atoms with Crippen LogP contribution in [0.15, 0.2) is 53.1 Å². The maximum Gasteiger partial charge on any atom is 0.319 e. The van der Waals surface area contributed by atoms with Crippen molar-refractivity contribution in [2.45, 2.75) is 38.3 Å². The number of benzene rings is 2. The van der Waals surface area contributed by atoms with Crippen LogP contribution in [0.4, 0.5) is 10.5 Å². The first-order valence-corrected chi connectivity index (χ1v) is 9.83. The van der Waals surface area contributed by atoms with E-state index in [0.29, 0.717) is 34.1 Å². The third-order valence-electron chi connectivity index (χ3n) is 4.61. The first-order chi connectivity index (χ1) is 14.1. The topological polar surface area (TPSA) is 89.3 Å². The van der Waals surface area contributed by atoms with Gasteiger partial charge in [-0.3, -0.25) is 0 Å². The standard InChI is InChI=1S/C21H21ClN4O3/c1-13(17-4-2-3-5-18(17)22)23-21(27)24-15-8-10-16(11-9-15)28-12-19-25-20(29-26-19)14-6-7-14/h2-5,8-11,13-14H,6-7,12H2,1H3,(H2,23,24,27). The van der Waals surface area contributed by atoms with E-state index < -0.39 is 0 Å². The molecule has 1 aliphatic carbocycles. The number of hydrogen-bond acceptors (Lipinski definition) is 5. The molecule has 2 amide bonds. The Labute approximate surface area is 173 Å². The van der Waals surface area contributed by atoms with E-state index >= 15 is 0 Å². The van der Waals surface area contributed by atoms with Crippen molar-refractivity contribution in [3.63, 3.8) is 0 Å². The first kappa shape index (κ1) is 19.3. The number of carbonyl (C=O) groups excluding carboxylic acids is 1. The number of carbonyl (C=O) groups is 1. The predicted molar refractivity (Wildman–Crippen MR) is 109 cm³/mol. The van der Waals surface area contributed by atoms with Crippen molar-refractivity contribution < 1.29 is 14.1 Å². The average Bonchev–Trinajstić information content (AvgIpc) is 3.46. The molecule has 4 rings (SSSR count). The van der Waals surface area contributed by atoms with Crippen molar-refractivity contribution in [2.75, 3.05) is 5.32 Å². The summed E-state index contributed by atoms with van der Waals surface area (Å²) in [5, 5.41) is 10.2. The van der Waals surface area contributed by atoms with Crippen LogP contribution in [0.1, 0.15) is 49.0 Å². The second kappa shape index (κ2) is 8.53. The Morgan fingerprint density at radius 3 is 2.72 bits per heavy atom. The van der Waals surface area contributed by atoms with Crippen molar-refractivity contribution in [1.82, 2.24) is 15.5 Å². The number of anilines is 1. The maximum absolute atomic E-state index is 12.2. The number of amides is 2. The van der Waals surface area contributed by atoms with Gasteiger partial charge in [0.2, 0.25) is 11.7 Å². The number of ether oxygens (including phenoxy) is 1. The Morgan fingerprint density at radius 2 is 2.00 bits per heavy atom. The van der Waals surface area contributed by atoms with Crippen molar-refractivity contribution in [3.05, 3.63) is 70.8 Å². The molecule has 1 fully saturated rings. The van der Waals surface area contributed by atoms with Gasteiger partial charge in [-0.2, -0.15) is 4.98 Å². The van der Waals surface area contributed by atoms with Crippen LogP contribution in [0.25, 0.3) is 0 Å². The van der Waals surface area contributed by atoms with Gasteiger partial charge in [0.15, 0.2) is 6.61 Å². The summed E-state index contributed by atoms with van der Waals surface area (Å²) in [7, 11) is 0. The van der Waals surface area contributed by atoms with Gasteiger partial charge in [0.05, 0.1) is 6.04 Å². The molecule has 2 N–H and O–H groups in total. The van der Waals surface area contributed by atoms with Gasteiger partial charge >= 0.3 is 6.03 Å². The lowest BCUT2D eigenvalue weighted by Gasteiger charge is -2.16. The highest BCUT2D eigenvalue weighted by Gasteiger charge is 2.29. The number of aromatic nitrogens is 2. The highest BCUT2D eigenvalue weighted by atomic mass is 35.5. The van der Waals surface area contributed by atoms with Crippen LogP contribution >= 0.6 is 11.6 Å². The molecule has 0 aliphatic heterocycles. The molecule has 7 nitrogen and oxygen atoms in total. The Hall–Kier alpha value is -3.06. The minimum atomic E-state index is -0.314. The molecule has 1 unspecified atom stereocenters. The number of nitrogens with one attached hydrogen (secondary N) is 2. The smallest absolute Gasteiger partial charge is 0.319 e. The van der Waals surface area contributed by atoms with Gasteiger partial charge in [0.25, 0.3) is 0 Å². The van der Waals surface area contributed by atoms with E-state index in [9.17, 15) is 4.79 Å². The van der Waals surface area contributed by atoms with Gasteiger partial charge < -0.3 is 19.9 Å². The summed E-state index contributed by atoms with van der Waals surface area (Å²) in [6.45, 7) is 2.11. The van der Waals surface area contributed by atoms with Crippen LogP contribution in [0.5, 0.6) is 5.75 Å². The summed E-state index contributed by atoms with van der Waals surface area (Å²) in [4.78, 5) is 16.6. The van der Waals surface area contributed by atoms with Crippen molar-refractivity contribution >= 4 is 23.3 Å². The van der Waals surface area contributed by atoms with E-state index in [-0.39, 0.29) is 18.7 Å². The second-order valence-corrected chi connectivity index (χ2v) is 7.39. The lowest BCUT2D eigenvalue weighted by atomic mass is 10.1. The zero-order chi connectivity index (χ0) is 20.2. The Morgan fingerprint density at radius 1 is 1.24 bits per heavy atom. The van der Waals surface area contributed by atoms with Crippen LogP contribution in [-0.4, -0.2) is 16.2 Å². The predicted octanol–water partition coefficient (Wildman–Crippen LogP) is 5.06. The molecule has 1 saturated carbocycles. The molecule has 1 aliphatic rings. The zero-order valence-electron chi connectivity index (χ0n) is 15.9. The molecule has 1 aromatic heterocycles. The maximum atomic E-state index is 12.2. The van der Waals surface area contributed by atoms with Crippen molar-refractivity contribution in [2.24, 2.45) is 0 Å². The van der Waals surface area contributed by atoms with Crippen LogP contribution < -0.4 is 15.4 Å². The molecule has 0 bridgehead atoms. The minimum Gasteiger partial charge on any atom is -0.485 e. The summed E-state index contributed by atoms with van der Waals surface area (Å²) in [6.07, 6.45) is 2.23. The molecular formula is C21H21ClN4O3. The van der Waals surface area contributed by atoms with E-state index in [1.54, 1.807) is 30.3 Å². The second-order valence-electron chi connectivity index (χ2n) is 6.98. The Bertz CT molecular complexity index is 986. The summed E-state index contributed by atoms with van der Waals surface area (Å²) in [6, 6.07) is 14.0. The third-order valence-corrected chi connectivity index (χ3v) is 4.95. The molecule has 3 aromatic rings. The van der Waals surface area contributed by atoms with E-state index in [0.717, 1.165) is 18.4 Å². The van der Waals surface area contributed by atoms with Crippen molar-refractivity contribution in [1.29, 1.82) is 0 Å². The van der Waals surface area contributed by atoms with Gasteiger partial charge in [-0.05, 0) is 55.7 Å². The van der Waals surface area contributed by atoms with Gasteiger partial charge in [-0.1, -0.05) is 35.0 Å². The van der Waals surface area contributed by atoms with E-state index in [4.69, 9.17) is 20.9 Å². The fraction of sp³-hybridized carbons (Fsp3) is 0.286. The van der Waals surface area contributed by atoms with Crippen LogP contribution in [0, 0.1) is 0 Å². The molecule has 0 spiro atoms. The molecule has 150 valence electrons. The van der Waals surface area contributed by atoms with Gasteiger partial charge in [0.1, 0.15) is 5.75 Å². The number of halogens is 1. The zero-order valence-corrected chi connectivity index (χ0v) is 16.6. The van der Waals surface area contributed by atoms with Gasteiger partial charge in [-0.25, -0.2) is 4.79 Å². The number of hydrogen-bond donors (Lipinski definition) is 2. The van der Waals surface area contributed by atoms with E-state index in [1.807, 2.05) is 25.1 Å². The Kier molecular flexibility index (Phi) is 5.67. The van der Waals surface area contributed by atoms with Crippen LogP contribution in [0.2, 0.25) is 5.02 Å². The SMILES string of the molecule is CC(NC(=O)Nc1ccc(OCc2noc(C3CC3)n2)cc1)c1ccccc1Cl. The molecule has 8 heteroatoms. The molecule has 0 saturated heterocycles. The summed E-state index contributed by atoms with van der Waals surface area (Å²) < 4.78 is 10.9. The Balaban J connectivity index is 1.27. The van der Waals surface area contributed by atoms with Gasteiger partial charge in [-0.15, -0.1) is 0 Å². The van der Waals surface area contributed by atoms with Crippen molar-refractivity contribution in [3.8, 4) is 5.75 Å². The van der Waals surface area contributed by atoms with Crippen LogP contribution in [0.3, 0.4) is 0 Å². The molecule has 29 heavy (non-hydrogen) atoms. The summed E-state index contributed by atoms with van der Waals surface area (Å²) in [5.41, 5.74) is 1.51. The number of rotatable bonds is 7. The monoisotopic (exact) mass is 412 g/mol. The summed E-state index contributed by atoms with van der Waals surface area (Å²) in [5.74, 6) is 2.30. The third kappa shape index (κ3) is 5.06. The van der Waals surface area contributed by atoms with E-state index in [2.05, 4.69) is 20.8 Å². The van der Waals surface area contributed by atoms with Gasteiger partial charge in [0, 0.05) is 16.6 Å². The lowest BCUT2D eigenvalue weighted by molar-refractivity contribution is 0.249. The normalized spacial score (nSPS) is 14.3. The fourth-order valence-corrected chi connectivity index (χ4v) is 3.17. The lowest BCUT2D eigenvalue weighted by Crippen LogP contribution is -2.31. The molecule has 1 heterocycles. The number of urea groups is 1. The minimum absolute atomic E-state index is 0.221. The molecule has 0 radical (unpaired) electrons. The quantitative estimate of drug-likeness (QED) is 0.566. The molecule has 2 aromatic carbocycles. The molecular weight excluding hydrogens is 392 g/mol. The highest BCUT2D eigenvalue weighted by Crippen LogP contribution is 2.38. The number of nitrogens with zero attached hydrogens (tertiary/aromatic N) is 2. The van der Waals surface area contributed by atoms with E-state index in [1.165, 1.54) is 0 Å². The summed E-state index contributed by atoms with van der Waals surface area (Å²) >= 11 is 6.17. The van der Waals surface area contributed by atoms with Crippen LogP contribution in [-0.2, 0) is 6.61 Å². The molecule has 1 atom stereocenters. The average molecular weight is 413 g/mol. The first-order valence-electron chi connectivity index (χ1n) is 9.46. The largest absolute Gasteiger partial charge is 0.485 e. The highest BCUT2D eigenvalue weighted by molar-refractivity contribution is 6.31.